The normalized spacial score (nSPS) is 14.7. The molecule has 0 amide bonds. The van der Waals surface area contributed by atoms with Crippen LogP contribution in [0.25, 0.3) is 10.8 Å². The molecule has 0 spiro atoms. The predicted octanol–water partition coefficient (Wildman–Crippen LogP) is 2.70. The molecule has 0 aromatic heterocycles. The van der Waals surface area contributed by atoms with Crippen LogP contribution in [0, 0.1) is 0 Å². The summed E-state index contributed by atoms with van der Waals surface area (Å²) in [5, 5.41) is 11.7. The second-order valence-corrected chi connectivity index (χ2v) is 4.83. The van der Waals surface area contributed by atoms with Crippen LogP contribution in [0.3, 0.4) is 0 Å². The summed E-state index contributed by atoms with van der Waals surface area (Å²) in [6.45, 7) is 1.72. The number of fused-ring (bicyclic) bond motifs is 1. The SMILES string of the molecule is CN(C)C(C)(C(=O)O)c1ccc2ccccc2c1. The summed E-state index contributed by atoms with van der Waals surface area (Å²) in [4.78, 5) is 13.3. The van der Waals surface area contributed by atoms with Crippen molar-refractivity contribution in [3.63, 3.8) is 0 Å². The van der Waals surface area contributed by atoms with Crippen molar-refractivity contribution >= 4 is 16.7 Å². The van der Waals surface area contributed by atoms with E-state index in [1.807, 2.05) is 42.5 Å². The first-order chi connectivity index (χ1) is 8.46. The second kappa shape index (κ2) is 4.42. The van der Waals surface area contributed by atoms with Crippen LogP contribution in [-0.2, 0) is 10.3 Å². The Bertz CT molecular complexity index is 592. The summed E-state index contributed by atoms with van der Waals surface area (Å²) in [6, 6.07) is 13.8. The molecule has 2 aromatic carbocycles. The van der Waals surface area contributed by atoms with Crippen molar-refractivity contribution < 1.29 is 9.90 Å². The highest BCUT2D eigenvalue weighted by Gasteiger charge is 2.37. The van der Waals surface area contributed by atoms with E-state index in [0.29, 0.717) is 0 Å². The maximum absolute atomic E-state index is 11.6. The van der Waals surface area contributed by atoms with Crippen LogP contribution in [-0.4, -0.2) is 30.1 Å². The molecular weight excluding hydrogens is 226 g/mol. The minimum atomic E-state index is -1.01. The van der Waals surface area contributed by atoms with Crippen molar-refractivity contribution in [2.75, 3.05) is 14.1 Å². The molecule has 3 nitrogen and oxygen atoms in total. The van der Waals surface area contributed by atoms with E-state index in [4.69, 9.17) is 0 Å². The minimum absolute atomic E-state index is 0.790. The highest BCUT2D eigenvalue weighted by Crippen LogP contribution is 2.29. The van der Waals surface area contributed by atoms with Gasteiger partial charge < -0.3 is 5.11 Å². The van der Waals surface area contributed by atoms with Crippen molar-refractivity contribution in [3.05, 3.63) is 48.0 Å². The van der Waals surface area contributed by atoms with Gasteiger partial charge in [-0.3, -0.25) is 4.90 Å². The molecule has 1 atom stereocenters. The fraction of sp³-hybridized carbons (Fsp3) is 0.267. The van der Waals surface area contributed by atoms with Crippen LogP contribution in [0.4, 0.5) is 0 Å². The molecule has 0 radical (unpaired) electrons. The van der Waals surface area contributed by atoms with Crippen molar-refractivity contribution in [3.8, 4) is 0 Å². The van der Waals surface area contributed by atoms with E-state index < -0.39 is 11.5 Å². The Morgan fingerprint density at radius 1 is 1.11 bits per heavy atom. The van der Waals surface area contributed by atoms with Gasteiger partial charge in [0.1, 0.15) is 5.54 Å². The summed E-state index contributed by atoms with van der Waals surface area (Å²) >= 11 is 0. The number of aliphatic carboxylic acids is 1. The topological polar surface area (TPSA) is 40.5 Å². The lowest BCUT2D eigenvalue weighted by Gasteiger charge is -2.32. The third kappa shape index (κ3) is 1.87. The molecule has 1 unspecified atom stereocenters. The molecule has 0 bridgehead atoms. The number of benzene rings is 2. The Hall–Kier alpha value is -1.87. The van der Waals surface area contributed by atoms with Crippen LogP contribution in [0.2, 0.25) is 0 Å². The summed E-state index contributed by atoms with van der Waals surface area (Å²) in [5.41, 5.74) is -0.219. The fourth-order valence-electron chi connectivity index (χ4n) is 2.07. The molecule has 18 heavy (non-hydrogen) atoms. The van der Waals surface area contributed by atoms with Gasteiger partial charge in [0.2, 0.25) is 0 Å². The molecule has 0 fully saturated rings. The highest BCUT2D eigenvalue weighted by molar-refractivity contribution is 5.86. The second-order valence-electron chi connectivity index (χ2n) is 4.83. The molecule has 0 aliphatic rings. The maximum atomic E-state index is 11.6. The Kier molecular flexibility index (Phi) is 3.09. The summed E-state index contributed by atoms with van der Waals surface area (Å²) in [7, 11) is 3.56. The number of rotatable bonds is 3. The Morgan fingerprint density at radius 2 is 1.72 bits per heavy atom. The van der Waals surface area contributed by atoms with E-state index >= 15 is 0 Å². The van der Waals surface area contributed by atoms with E-state index in [9.17, 15) is 9.90 Å². The number of carbonyl (C=O) groups is 1. The van der Waals surface area contributed by atoms with Crippen molar-refractivity contribution in [2.45, 2.75) is 12.5 Å². The number of carboxylic acid groups (broad SMARTS) is 1. The molecule has 0 aliphatic heterocycles. The van der Waals surface area contributed by atoms with Crippen molar-refractivity contribution in [2.24, 2.45) is 0 Å². The van der Waals surface area contributed by atoms with Gasteiger partial charge in [-0.05, 0) is 43.4 Å². The largest absolute Gasteiger partial charge is 0.480 e. The molecule has 3 heteroatoms. The lowest BCUT2D eigenvalue weighted by Crippen LogP contribution is -2.45. The van der Waals surface area contributed by atoms with Gasteiger partial charge in [-0.1, -0.05) is 36.4 Å². The third-order valence-corrected chi connectivity index (χ3v) is 3.62. The molecule has 94 valence electrons. The Balaban J connectivity index is 2.62. The molecule has 1 N–H and O–H groups in total. The zero-order valence-electron chi connectivity index (χ0n) is 10.8. The zero-order valence-corrected chi connectivity index (χ0v) is 10.8. The number of nitrogens with zero attached hydrogens (tertiary/aromatic N) is 1. The number of hydrogen-bond acceptors (Lipinski definition) is 2. The molecule has 2 rings (SSSR count). The van der Waals surface area contributed by atoms with E-state index in [0.717, 1.165) is 16.3 Å². The van der Waals surface area contributed by atoms with Gasteiger partial charge in [0, 0.05) is 0 Å². The first-order valence-corrected chi connectivity index (χ1v) is 5.86. The van der Waals surface area contributed by atoms with Crippen LogP contribution in [0.1, 0.15) is 12.5 Å². The van der Waals surface area contributed by atoms with Gasteiger partial charge in [-0.15, -0.1) is 0 Å². The van der Waals surface area contributed by atoms with Gasteiger partial charge in [0.05, 0.1) is 0 Å². The van der Waals surface area contributed by atoms with Gasteiger partial charge in [-0.25, -0.2) is 4.79 Å². The molecule has 0 saturated heterocycles. The Labute approximate surface area is 107 Å². The standard InChI is InChI=1S/C15H17NO2/c1-15(14(17)18,16(2)3)13-9-8-11-6-4-5-7-12(11)10-13/h4-10H,1-3H3,(H,17,18). The summed E-state index contributed by atoms with van der Waals surface area (Å²) in [5.74, 6) is -0.845. The van der Waals surface area contributed by atoms with E-state index in [2.05, 4.69) is 0 Å². The van der Waals surface area contributed by atoms with Crippen LogP contribution in [0.5, 0.6) is 0 Å². The average Bonchev–Trinajstić information content (AvgIpc) is 2.36. The van der Waals surface area contributed by atoms with Crippen LogP contribution < -0.4 is 0 Å². The smallest absolute Gasteiger partial charge is 0.328 e. The molecular formula is C15H17NO2. The number of hydrogen-bond donors (Lipinski definition) is 1. The van der Waals surface area contributed by atoms with E-state index in [1.165, 1.54) is 0 Å². The monoisotopic (exact) mass is 243 g/mol. The lowest BCUT2D eigenvalue weighted by molar-refractivity contribution is -0.149. The zero-order chi connectivity index (χ0) is 13.3. The predicted molar refractivity (Wildman–Crippen MR) is 72.6 cm³/mol. The summed E-state index contributed by atoms with van der Waals surface area (Å²) < 4.78 is 0. The lowest BCUT2D eigenvalue weighted by atomic mass is 9.89. The average molecular weight is 243 g/mol. The minimum Gasteiger partial charge on any atom is -0.480 e. The number of carboxylic acids is 1. The first kappa shape index (κ1) is 12.6. The number of likely N-dealkylation sites (N-methyl/N-ethyl adjacent to an activating group) is 1. The molecule has 0 aliphatic carbocycles. The fourth-order valence-corrected chi connectivity index (χ4v) is 2.07. The first-order valence-electron chi connectivity index (χ1n) is 5.86. The van der Waals surface area contributed by atoms with Crippen LogP contribution in [0.15, 0.2) is 42.5 Å². The third-order valence-electron chi connectivity index (χ3n) is 3.62. The van der Waals surface area contributed by atoms with Gasteiger partial charge in [-0.2, -0.15) is 0 Å². The molecule has 0 heterocycles. The molecule has 2 aromatic rings. The van der Waals surface area contributed by atoms with Crippen molar-refractivity contribution in [1.82, 2.24) is 4.90 Å². The highest BCUT2D eigenvalue weighted by atomic mass is 16.4. The van der Waals surface area contributed by atoms with Crippen LogP contribution >= 0.6 is 0 Å². The quantitative estimate of drug-likeness (QED) is 0.901. The maximum Gasteiger partial charge on any atom is 0.328 e. The van der Waals surface area contributed by atoms with Gasteiger partial charge in [0.15, 0.2) is 0 Å². The molecule has 0 saturated carbocycles. The van der Waals surface area contributed by atoms with Gasteiger partial charge >= 0.3 is 5.97 Å². The summed E-state index contributed by atoms with van der Waals surface area (Å²) in [6.07, 6.45) is 0. The van der Waals surface area contributed by atoms with Crippen molar-refractivity contribution in [1.29, 1.82) is 0 Å². The van der Waals surface area contributed by atoms with E-state index in [-0.39, 0.29) is 0 Å². The van der Waals surface area contributed by atoms with E-state index in [1.54, 1.807) is 25.9 Å². The Morgan fingerprint density at radius 3 is 2.28 bits per heavy atom. The van der Waals surface area contributed by atoms with Gasteiger partial charge in [0.25, 0.3) is 0 Å².